The van der Waals surface area contributed by atoms with Crippen molar-refractivity contribution >= 4 is 10.5 Å². The van der Waals surface area contributed by atoms with Crippen LogP contribution >= 0.6 is 0 Å². The minimum absolute atomic E-state index is 0.136. The van der Waals surface area contributed by atoms with Gasteiger partial charge < -0.3 is 4.43 Å². The van der Waals surface area contributed by atoms with Crippen molar-refractivity contribution in [3.05, 3.63) is 12.7 Å². The van der Waals surface area contributed by atoms with E-state index in [4.69, 9.17) is 4.43 Å². The molecule has 0 aliphatic carbocycles. The molecular weight excluding hydrogens is 164 g/mol. The summed E-state index contributed by atoms with van der Waals surface area (Å²) in [5.74, 6) is 0. The largest absolute Gasteiger partial charge is 0.422 e. The molecule has 72 valence electrons. The maximum atomic E-state index is 5.73. The Hall–Kier alpha value is -0.0831. The summed E-state index contributed by atoms with van der Waals surface area (Å²) < 4.78 is 5.73. The Balaban J connectivity index is 4.15. The average Bonchev–Trinajstić information content (AvgIpc) is 2.06. The highest BCUT2D eigenvalue weighted by atomic mass is 28.2. The molecule has 0 aromatic rings. The molecule has 0 bridgehead atoms. The quantitative estimate of drug-likeness (QED) is 0.437. The lowest BCUT2D eigenvalue weighted by Gasteiger charge is -2.31. The summed E-state index contributed by atoms with van der Waals surface area (Å²) >= 11 is 0. The van der Waals surface area contributed by atoms with Crippen molar-refractivity contribution in [2.24, 2.45) is 0 Å². The van der Waals surface area contributed by atoms with E-state index in [1.807, 2.05) is 6.08 Å². The van der Waals surface area contributed by atoms with Crippen molar-refractivity contribution < 1.29 is 4.43 Å². The van der Waals surface area contributed by atoms with Gasteiger partial charge in [0.25, 0.3) is 0 Å². The Morgan fingerprint density at radius 3 is 2.08 bits per heavy atom. The van der Waals surface area contributed by atoms with E-state index < -0.39 is 0 Å². The molecule has 2 heteroatoms. The van der Waals surface area contributed by atoms with E-state index >= 15 is 0 Å². The van der Waals surface area contributed by atoms with Crippen LogP contribution in [0, 0.1) is 0 Å². The van der Waals surface area contributed by atoms with Crippen LogP contribution < -0.4 is 0 Å². The van der Waals surface area contributed by atoms with E-state index in [-0.39, 0.29) is 5.60 Å². The van der Waals surface area contributed by atoms with E-state index in [0.29, 0.717) is 0 Å². The first-order valence-corrected chi connectivity index (χ1v) is 5.72. The summed E-state index contributed by atoms with van der Waals surface area (Å²) in [6.45, 7) is 8.23. The smallest absolute Gasteiger partial charge is 0.146 e. The summed E-state index contributed by atoms with van der Waals surface area (Å²) in [5, 5.41) is 0. The van der Waals surface area contributed by atoms with Crippen LogP contribution in [-0.2, 0) is 4.43 Å². The van der Waals surface area contributed by atoms with E-state index in [1.54, 1.807) is 0 Å². The molecule has 0 rings (SSSR count). The van der Waals surface area contributed by atoms with E-state index in [2.05, 4.69) is 20.4 Å². The molecule has 0 spiro atoms. The predicted octanol–water partition coefficient (Wildman–Crippen LogP) is 2.20. The van der Waals surface area contributed by atoms with Gasteiger partial charge in [-0.3, -0.25) is 0 Å². The van der Waals surface area contributed by atoms with E-state index in [0.717, 1.165) is 16.9 Å². The fraction of sp³-hybridized carbons (Fsp3) is 0.800. The Labute approximate surface area is 79.7 Å². The lowest BCUT2D eigenvalue weighted by atomic mass is 9.89. The van der Waals surface area contributed by atoms with Crippen molar-refractivity contribution in [3.63, 3.8) is 0 Å². The minimum Gasteiger partial charge on any atom is -0.422 e. The molecule has 0 aromatic carbocycles. The molecule has 0 radical (unpaired) electrons. The van der Waals surface area contributed by atoms with Gasteiger partial charge in [0.15, 0.2) is 0 Å². The molecule has 0 unspecified atom stereocenters. The molecule has 0 heterocycles. The highest BCUT2D eigenvalue weighted by Gasteiger charge is 2.24. The van der Waals surface area contributed by atoms with Gasteiger partial charge in [-0.2, -0.15) is 0 Å². The summed E-state index contributed by atoms with van der Waals surface area (Å²) in [6.07, 6.45) is 7.76. The Kier molecular flexibility index (Phi) is 6.39. The zero-order valence-electron chi connectivity index (χ0n) is 8.73. The fourth-order valence-electron chi connectivity index (χ4n) is 1.79. The second-order valence-corrected chi connectivity index (χ2v) is 3.79. The van der Waals surface area contributed by atoms with Crippen LogP contribution in [0.2, 0.25) is 0 Å². The maximum absolute atomic E-state index is 5.73. The van der Waals surface area contributed by atoms with Gasteiger partial charge in [0.1, 0.15) is 10.5 Å². The van der Waals surface area contributed by atoms with Crippen LogP contribution in [0.5, 0.6) is 0 Å². The first kappa shape index (κ1) is 11.9. The molecule has 0 aliphatic heterocycles. The third-order valence-corrected chi connectivity index (χ3v) is 3.23. The molecule has 0 aliphatic rings. The standard InChI is InChI=1S/C10H22OSi/c1-4-7-10(11-12,8-5-2)9-6-3/h4H,1,5-9H2,2-3,12H3. The van der Waals surface area contributed by atoms with Gasteiger partial charge in [0.2, 0.25) is 0 Å². The topological polar surface area (TPSA) is 9.23 Å². The Bertz CT molecular complexity index is 117. The molecule has 1 nitrogen and oxygen atoms in total. The van der Waals surface area contributed by atoms with Gasteiger partial charge in [-0.05, 0) is 19.3 Å². The van der Waals surface area contributed by atoms with Gasteiger partial charge in [-0.1, -0.05) is 32.8 Å². The van der Waals surface area contributed by atoms with Crippen molar-refractivity contribution in [2.45, 2.75) is 51.6 Å². The molecule has 0 fully saturated rings. The summed E-state index contributed by atoms with van der Waals surface area (Å²) in [6, 6.07) is 0. The summed E-state index contributed by atoms with van der Waals surface area (Å²) in [4.78, 5) is 0. The van der Waals surface area contributed by atoms with Gasteiger partial charge in [0.05, 0.1) is 5.60 Å². The summed E-state index contributed by atoms with van der Waals surface area (Å²) in [7, 11) is 0.841. The molecule has 0 aromatic heterocycles. The van der Waals surface area contributed by atoms with Crippen molar-refractivity contribution in [2.75, 3.05) is 0 Å². The highest BCUT2D eigenvalue weighted by Crippen LogP contribution is 2.27. The first-order valence-electron chi connectivity index (χ1n) is 4.90. The lowest BCUT2D eigenvalue weighted by molar-refractivity contribution is 0.0618. The molecule has 0 saturated carbocycles. The lowest BCUT2D eigenvalue weighted by Crippen LogP contribution is -2.30. The van der Waals surface area contributed by atoms with E-state index in [9.17, 15) is 0 Å². The molecule has 0 saturated heterocycles. The average molecular weight is 186 g/mol. The van der Waals surface area contributed by atoms with Crippen molar-refractivity contribution in [1.29, 1.82) is 0 Å². The van der Waals surface area contributed by atoms with Crippen LogP contribution in [0.3, 0.4) is 0 Å². The number of hydrogen-bond donors (Lipinski definition) is 0. The maximum Gasteiger partial charge on any atom is 0.146 e. The second kappa shape index (κ2) is 6.43. The normalized spacial score (nSPS) is 11.8. The molecule has 0 atom stereocenters. The molecular formula is C10H22OSi. The highest BCUT2D eigenvalue weighted by molar-refractivity contribution is 5.98. The van der Waals surface area contributed by atoms with E-state index in [1.165, 1.54) is 25.7 Å². The predicted molar refractivity (Wildman–Crippen MR) is 58.4 cm³/mol. The van der Waals surface area contributed by atoms with Crippen molar-refractivity contribution in [1.82, 2.24) is 0 Å². The third-order valence-electron chi connectivity index (χ3n) is 2.36. The molecule has 0 N–H and O–H groups in total. The zero-order chi connectivity index (χ0) is 9.45. The summed E-state index contributed by atoms with van der Waals surface area (Å²) in [5.41, 5.74) is 0.136. The zero-order valence-corrected chi connectivity index (χ0v) is 10.7. The van der Waals surface area contributed by atoms with Gasteiger partial charge in [0, 0.05) is 0 Å². The second-order valence-electron chi connectivity index (χ2n) is 3.38. The Morgan fingerprint density at radius 1 is 1.33 bits per heavy atom. The Morgan fingerprint density at radius 2 is 1.83 bits per heavy atom. The molecule has 12 heavy (non-hydrogen) atoms. The van der Waals surface area contributed by atoms with Gasteiger partial charge in [-0.25, -0.2) is 0 Å². The minimum atomic E-state index is 0.136. The van der Waals surface area contributed by atoms with Crippen LogP contribution in [0.15, 0.2) is 12.7 Å². The van der Waals surface area contributed by atoms with Crippen LogP contribution in [0.25, 0.3) is 0 Å². The van der Waals surface area contributed by atoms with Crippen molar-refractivity contribution in [3.8, 4) is 0 Å². The SMILES string of the molecule is C=CCC(CCC)(CCC)O[SiH3]. The van der Waals surface area contributed by atoms with Crippen LogP contribution in [0.1, 0.15) is 46.0 Å². The third kappa shape index (κ3) is 3.54. The first-order chi connectivity index (χ1) is 5.74. The molecule has 0 amide bonds. The van der Waals surface area contributed by atoms with Gasteiger partial charge >= 0.3 is 0 Å². The number of hydrogen-bond acceptors (Lipinski definition) is 1. The van der Waals surface area contributed by atoms with Gasteiger partial charge in [-0.15, -0.1) is 6.58 Å². The fourth-order valence-corrected chi connectivity index (χ4v) is 2.37. The van der Waals surface area contributed by atoms with Crippen LogP contribution in [0.4, 0.5) is 0 Å². The van der Waals surface area contributed by atoms with Crippen LogP contribution in [-0.4, -0.2) is 16.1 Å². The number of rotatable bonds is 7. The monoisotopic (exact) mass is 186 g/mol.